The van der Waals surface area contributed by atoms with E-state index in [9.17, 15) is 24.6 Å². The Morgan fingerprint density at radius 2 is 1.85 bits per heavy atom. The number of carboxylic acids is 1. The third kappa shape index (κ3) is 9.97. The average Bonchev–Trinajstić information content (AvgIpc) is 3.46. The second-order valence-electron chi connectivity index (χ2n) is 13.4. The summed E-state index contributed by atoms with van der Waals surface area (Å²) in [4.78, 5) is 62.5. The van der Waals surface area contributed by atoms with Gasteiger partial charge in [-0.25, -0.2) is 20.2 Å². The lowest BCUT2D eigenvalue weighted by atomic mass is 9.85. The number of hydrogen-bond acceptors (Lipinski definition) is 14. The lowest BCUT2D eigenvalue weighted by Gasteiger charge is -2.34. The number of aromatic nitrogens is 4. The lowest BCUT2D eigenvalue weighted by molar-refractivity contribution is -0.189. The minimum Gasteiger partial charge on any atom is -0.480 e. The van der Waals surface area contributed by atoms with Gasteiger partial charge in [-0.2, -0.15) is 20.1 Å². The third-order valence-electron chi connectivity index (χ3n) is 8.72. The maximum Gasteiger partial charge on any atom is 0.326 e. The zero-order chi connectivity index (χ0) is 38.1. The number of fused-ring (bicyclic) bond motifs is 1. The number of nitrogens with two attached hydrogens (primary N) is 2. The number of nitrogens with one attached hydrogen (secondary N) is 2. The molecule has 4 aromatic rings. The number of hydrogen-bond donors (Lipinski definition) is 6. The molecule has 1 fully saturated rings. The van der Waals surface area contributed by atoms with Crippen LogP contribution in [0.5, 0.6) is 0 Å². The van der Waals surface area contributed by atoms with Crippen molar-refractivity contribution in [2.75, 3.05) is 30.0 Å². The van der Waals surface area contributed by atoms with E-state index in [1.807, 2.05) is 47.3 Å². The molecule has 2 aromatic heterocycles. The predicted molar refractivity (Wildman–Crippen MR) is 198 cm³/mol. The van der Waals surface area contributed by atoms with Crippen molar-refractivity contribution in [1.82, 2.24) is 35.7 Å². The van der Waals surface area contributed by atoms with Gasteiger partial charge in [-0.15, -0.1) is 0 Å². The highest BCUT2D eigenvalue weighted by Gasteiger charge is 2.46. The number of carboxylic acid groups (broad SMARTS) is 1. The first-order chi connectivity index (χ1) is 25.4. The molecule has 0 spiro atoms. The molecule has 5 rings (SSSR count). The Labute approximate surface area is 306 Å². The molecule has 1 aliphatic heterocycles. The molecule has 2 amide bonds. The molecular weight excluding hydrogens is 682 g/mol. The zero-order valence-electron chi connectivity index (χ0n) is 29.8. The number of aliphatic hydroxyl groups excluding tert-OH is 1. The van der Waals surface area contributed by atoms with E-state index < -0.39 is 35.5 Å². The summed E-state index contributed by atoms with van der Waals surface area (Å²) in [6.45, 7) is 4.78. The number of aliphatic hydroxyl groups is 1. The van der Waals surface area contributed by atoms with E-state index in [1.54, 1.807) is 36.7 Å². The summed E-state index contributed by atoms with van der Waals surface area (Å²) in [5, 5.41) is 28.3. The Hall–Kier alpha value is -5.78. The molecule has 1 unspecified atom stereocenters. The van der Waals surface area contributed by atoms with Crippen molar-refractivity contribution in [1.29, 1.82) is 0 Å². The quantitative estimate of drug-likeness (QED) is 0.0716. The highest BCUT2D eigenvalue weighted by Crippen LogP contribution is 2.37. The highest BCUT2D eigenvalue weighted by atomic mass is 16.7. The average molecular weight is 728 g/mol. The highest BCUT2D eigenvalue weighted by molar-refractivity contribution is 5.97. The van der Waals surface area contributed by atoms with Gasteiger partial charge in [-0.3, -0.25) is 14.4 Å². The number of anilines is 3. The summed E-state index contributed by atoms with van der Waals surface area (Å²) in [5.41, 5.74) is 16.6. The first-order valence-corrected chi connectivity index (χ1v) is 17.2. The molecule has 3 atom stereocenters. The van der Waals surface area contributed by atoms with Gasteiger partial charge < -0.3 is 31.9 Å². The van der Waals surface area contributed by atoms with Crippen molar-refractivity contribution in [2.24, 2.45) is 11.0 Å². The third-order valence-corrected chi connectivity index (χ3v) is 8.72. The van der Waals surface area contributed by atoms with E-state index in [4.69, 9.17) is 16.3 Å². The molecule has 53 heavy (non-hydrogen) atoms. The summed E-state index contributed by atoms with van der Waals surface area (Å²) in [5.74, 6) is -2.01. The fourth-order valence-corrected chi connectivity index (χ4v) is 6.24. The Bertz CT molecular complexity index is 1930. The van der Waals surface area contributed by atoms with Crippen molar-refractivity contribution in [3.63, 3.8) is 0 Å². The van der Waals surface area contributed by atoms with Crippen LogP contribution in [0.3, 0.4) is 0 Å². The van der Waals surface area contributed by atoms with Crippen LogP contribution >= 0.6 is 0 Å². The molecule has 0 bridgehead atoms. The Morgan fingerprint density at radius 1 is 1.11 bits per heavy atom. The molecule has 1 aliphatic rings. The fraction of sp³-hybridized carbons (Fsp3) is 0.389. The molecular formula is C36H45N11O6. The maximum atomic E-state index is 13.0. The Balaban J connectivity index is 1.15. The number of rotatable bonds is 16. The van der Waals surface area contributed by atoms with Crippen molar-refractivity contribution in [2.45, 2.75) is 70.3 Å². The number of amides is 2. The standard InChI is InChI=1S/C36H45N11O6/c1-22(2)15-36(16-27(20-48)53-47(36)18-23-7-5-4-6-8-23)21-40-45-29(49)14-13-28(34(51)52)42-33(50)24-9-11-26(12-10-24)46(3)19-25-17-39-32-30(41-25)31(37)43-35(38)44-32/h4-12,17,21-22,27-28,48H,13-16,18-20H2,1-3H3,(H,42,50)(H,45,49)(H,51,52)(H4,37,38,39,43,44)/b40-21+/t27?,28-,36+/m0/s1. The van der Waals surface area contributed by atoms with E-state index in [1.165, 1.54) is 0 Å². The number of nitrogens with zero attached hydrogens (tertiary/aromatic N) is 7. The number of carbonyl (C=O) groups excluding carboxylic acids is 2. The van der Waals surface area contributed by atoms with E-state index in [-0.39, 0.29) is 42.7 Å². The van der Waals surface area contributed by atoms with E-state index in [2.05, 4.69) is 49.6 Å². The summed E-state index contributed by atoms with van der Waals surface area (Å²) in [7, 11) is 1.83. The summed E-state index contributed by atoms with van der Waals surface area (Å²) < 4.78 is 0. The van der Waals surface area contributed by atoms with Crippen molar-refractivity contribution < 1.29 is 29.4 Å². The molecule has 3 heterocycles. The van der Waals surface area contributed by atoms with Gasteiger partial charge in [0, 0.05) is 37.4 Å². The molecule has 0 radical (unpaired) electrons. The van der Waals surface area contributed by atoms with Gasteiger partial charge in [0.15, 0.2) is 17.0 Å². The van der Waals surface area contributed by atoms with Gasteiger partial charge in [-0.1, -0.05) is 44.2 Å². The van der Waals surface area contributed by atoms with Crippen LogP contribution in [0.4, 0.5) is 17.5 Å². The topological polar surface area (TPSA) is 247 Å². The number of nitrogen functional groups attached to an aromatic ring is 2. The van der Waals surface area contributed by atoms with Crippen molar-refractivity contribution >= 4 is 52.6 Å². The first kappa shape index (κ1) is 38.5. The van der Waals surface area contributed by atoms with Crippen LogP contribution in [0.2, 0.25) is 0 Å². The van der Waals surface area contributed by atoms with Crippen LogP contribution < -0.4 is 27.1 Å². The molecule has 17 nitrogen and oxygen atoms in total. The molecule has 1 saturated heterocycles. The number of hydrazone groups is 1. The van der Waals surface area contributed by atoms with Crippen molar-refractivity contribution in [3.05, 3.63) is 77.6 Å². The van der Waals surface area contributed by atoms with Crippen LogP contribution in [0.1, 0.15) is 61.1 Å². The van der Waals surface area contributed by atoms with Crippen LogP contribution in [0.15, 0.2) is 65.9 Å². The summed E-state index contributed by atoms with van der Waals surface area (Å²) in [6, 6.07) is 15.0. The number of carbonyl (C=O) groups is 3. The molecule has 2 aromatic carbocycles. The molecule has 17 heteroatoms. The van der Waals surface area contributed by atoms with E-state index in [0.29, 0.717) is 42.8 Å². The van der Waals surface area contributed by atoms with Crippen LogP contribution in [-0.4, -0.2) is 90.5 Å². The fourth-order valence-electron chi connectivity index (χ4n) is 6.24. The second kappa shape index (κ2) is 17.2. The molecule has 0 saturated carbocycles. The minimum atomic E-state index is -1.32. The Morgan fingerprint density at radius 3 is 2.53 bits per heavy atom. The SMILES string of the molecule is CC(C)C[C@]1(/C=N/NC(=O)CC[C@H](NC(=O)c2ccc(N(C)Cc3cnc4nc(N)nc(N)c4n3)cc2)C(=O)O)CC(CO)ON1Cc1ccccc1. The van der Waals surface area contributed by atoms with Crippen LogP contribution in [0, 0.1) is 5.92 Å². The Kier molecular flexibility index (Phi) is 12.4. The number of benzene rings is 2. The smallest absolute Gasteiger partial charge is 0.326 e. The van der Waals surface area contributed by atoms with Gasteiger partial charge in [0.2, 0.25) is 11.9 Å². The first-order valence-electron chi connectivity index (χ1n) is 17.2. The molecule has 0 aliphatic carbocycles. The van der Waals surface area contributed by atoms with Crippen LogP contribution in [-0.2, 0) is 27.5 Å². The lowest BCUT2D eigenvalue weighted by Crippen LogP contribution is -2.46. The maximum absolute atomic E-state index is 13.0. The monoisotopic (exact) mass is 727 g/mol. The van der Waals surface area contributed by atoms with Gasteiger partial charge in [-0.05, 0) is 48.6 Å². The van der Waals surface area contributed by atoms with Gasteiger partial charge in [0.05, 0.1) is 37.1 Å². The summed E-state index contributed by atoms with van der Waals surface area (Å²) in [6.07, 6.45) is 3.52. The van der Waals surface area contributed by atoms with Gasteiger partial charge in [0.25, 0.3) is 5.91 Å². The van der Waals surface area contributed by atoms with E-state index >= 15 is 0 Å². The normalized spacial score (nSPS) is 18.0. The molecule has 8 N–H and O–H groups in total. The second-order valence-corrected chi connectivity index (χ2v) is 13.4. The molecule has 280 valence electrons. The number of hydroxylamine groups is 2. The largest absolute Gasteiger partial charge is 0.480 e. The minimum absolute atomic E-state index is 0.00895. The predicted octanol–water partition coefficient (Wildman–Crippen LogP) is 2.27. The van der Waals surface area contributed by atoms with Gasteiger partial charge in [0.1, 0.15) is 12.1 Å². The summed E-state index contributed by atoms with van der Waals surface area (Å²) >= 11 is 0. The number of aliphatic carboxylic acids is 1. The van der Waals surface area contributed by atoms with Crippen LogP contribution in [0.25, 0.3) is 11.2 Å². The zero-order valence-corrected chi connectivity index (χ0v) is 29.8. The van der Waals surface area contributed by atoms with E-state index in [0.717, 1.165) is 11.3 Å². The van der Waals surface area contributed by atoms with Crippen molar-refractivity contribution in [3.8, 4) is 0 Å². The van der Waals surface area contributed by atoms with Gasteiger partial charge >= 0.3 is 5.97 Å².